The fourth-order valence-corrected chi connectivity index (χ4v) is 3.10. The summed E-state index contributed by atoms with van der Waals surface area (Å²) in [6.45, 7) is 0.425. The van der Waals surface area contributed by atoms with Crippen molar-refractivity contribution in [3.8, 4) is 11.8 Å². The summed E-state index contributed by atoms with van der Waals surface area (Å²) in [5.41, 5.74) is 1.96. The highest BCUT2D eigenvalue weighted by Crippen LogP contribution is 2.34. The Morgan fingerprint density at radius 2 is 1.91 bits per heavy atom. The SMILES string of the molecule is COCC#Cc1ccc(C(CC2CCCC2)C(=O)OC)cc1. The van der Waals surface area contributed by atoms with E-state index in [1.54, 1.807) is 7.11 Å². The lowest BCUT2D eigenvalue weighted by atomic mass is 9.87. The van der Waals surface area contributed by atoms with E-state index in [1.165, 1.54) is 32.8 Å². The lowest BCUT2D eigenvalue weighted by Crippen LogP contribution is -2.17. The van der Waals surface area contributed by atoms with E-state index in [0.29, 0.717) is 12.5 Å². The molecule has 118 valence electrons. The van der Waals surface area contributed by atoms with Gasteiger partial charge in [0.25, 0.3) is 0 Å². The highest BCUT2D eigenvalue weighted by molar-refractivity contribution is 5.78. The van der Waals surface area contributed by atoms with Gasteiger partial charge in [-0.3, -0.25) is 4.79 Å². The largest absolute Gasteiger partial charge is 0.469 e. The van der Waals surface area contributed by atoms with Crippen LogP contribution >= 0.6 is 0 Å². The van der Waals surface area contributed by atoms with E-state index in [2.05, 4.69) is 11.8 Å². The normalized spacial score (nSPS) is 15.9. The van der Waals surface area contributed by atoms with Crippen LogP contribution in [0.4, 0.5) is 0 Å². The Kier molecular flexibility index (Phi) is 6.48. The molecule has 3 heteroatoms. The summed E-state index contributed by atoms with van der Waals surface area (Å²) in [7, 11) is 3.09. The van der Waals surface area contributed by atoms with Crippen LogP contribution in [0.1, 0.15) is 49.1 Å². The molecule has 1 aliphatic carbocycles. The minimum atomic E-state index is -0.158. The minimum Gasteiger partial charge on any atom is -0.469 e. The van der Waals surface area contributed by atoms with Gasteiger partial charge < -0.3 is 9.47 Å². The molecule has 0 aromatic heterocycles. The number of methoxy groups -OCH3 is 2. The van der Waals surface area contributed by atoms with Crippen molar-refractivity contribution in [2.24, 2.45) is 5.92 Å². The zero-order valence-corrected chi connectivity index (χ0v) is 13.4. The molecule has 1 saturated carbocycles. The van der Waals surface area contributed by atoms with Gasteiger partial charge in [-0.15, -0.1) is 0 Å². The van der Waals surface area contributed by atoms with E-state index in [4.69, 9.17) is 9.47 Å². The van der Waals surface area contributed by atoms with E-state index in [-0.39, 0.29) is 11.9 Å². The van der Waals surface area contributed by atoms with Crippen LogP contribution in [0.3, 0.4) is 0 Å². The average Bonchev–Trinajstić information content (AvgIpc) is 3.06. The summed E-state index contributed by atoms with van der Waals surface area (Å²) in [5.74, 6) is 6.32. The summed E-state index contributed by atoms with van der Waals surface area (Å²) >= 11 is 0. The Morgan fingerprint density at radius 1 is 1.23 bits per heavy atom. The second kappa shape index (κ2) is 8.60. The molecular formula is C19H24O3. The number of hydrogen-bond acceptors (Lipinski definition) is 3. The van der Waals surface area contributed by atoms with Gasteiger partial charge in [0.15, 0.2) is 0 Å². The molecule has 3 nitrogen and oxygen atoms in total. The molecule has 0 amide bonds. The molecular weight excluding hydrogens is 276 g/mol. The molecule has 1 aromatic carbocycles. The third-order valence-electron chi connectivity index (χ3n) is 4.29. The lowest BCUT2D eigenvalue weighted by molar-refractivity contribution is -0.142. The summed E-state index contributed by atoms with van der Waals surface area (Å²) in [6.07, 6.45) is 5.92. The number of esters is 1. The van der Waals surface area contributed by atoms with Crippen molar-refractivity contribution < 1.29 is 14.3 Å². The van der Waals surface area contributed by atoms with E-state index < -0.39 is 0 Å². The fraction of sp³-hybridized carbons (Fsp3) is 0.526. The molecule has 0 heterocycles. The third kappa shape index (κ3) is 4.61. The van der Waals surface area contributed by atoms with Crippen LogP contribution in [0.5, 0.6) is 0 Å². The minimum absolute atomic E-state index is 0.134. The number of carbonyl (C=O) groups excluding carboxylic acids is 1. The van der Waals surface area contributed by atoms with Gasteiger partial charge in [-0.05, 0) is 30.0 Å². The molecule has 0 N–H and O–H groups in total. The summed E-state index contributed by atoms with van der Waals surface area (Å²) in [4.78, 5) is 12.1. The Balaban J connectivity index is 2.09. The molecule has 22 heavy (non-hydrogen) atoms. The summed E-state index contributed by atoms with van der Waals surface area (Å²) in [5, 5.41) is 0. The maximum atomic E-state index is 12.1. The van der Waals surface area contributed by atoms with Gasteiger partial charge in [0.1, 0.15) is 6.61 Å². The molecule has 0 radical (unpaired) electrons. The number of rotatable bonds is 5. The Hall–Kier alpha value is -1.79. The van der Waals surface area contributed by atoms with Gasteiger partial charge in [-0.2, -0.15) is 0 Å². The van der Waals surface area contributed by atoms with Crippen LogP contribution in [0.25, 0.3) is 0 Å². The van der Waals surface area contributed by atoms with Crippen LogP contribution in [-0.4, -0.2) is 26.8 Å². The van der Waals surface area contributed by atoms with E-state index in [1.807, 2.05) is 24.3 Å². The van der Waals surface area contributed by atoms with E-state index >= 15 is 0 Å². The molecule has 0 aliphatic heterocycles. The van der Waals surface area contributed by atoms with Gasteiger partial charge in [-0.25, -0.2) is 0 Å². The number of carbonyl (C=O) groups is 1. The zero-order chi connectivity index (χ0) is 15.8. The predicted molar refractivity (Wildman–Crippen MR) is 86.5 cm³/mol. The number of ether oxygens (including phenoxy) is 2. The van der Waals surface area contributed by atoms with Crippen LogP contribution in [0.2, 0.25) is 0 Å². The maximum Gasteiger partial charge on any atom is 0.313 e. The highest BCUT2D eigenvalue weighted by Gasteiger charge is 2.27. The first-order valence-corrected chi connectivity index (χ1v) is 7.90. The van der Waals surface area contributed by atoms with Crippen molar-refractivity contribution in [2.75, 3.05) is 20.8 Å². The van der Waals surface area contributed by atoms with Crippen molar-refractivity contribution in [3.63, 3.8) is 0 Å². The van der Waals surface area contributed by atoms with Crippen LogP contribution in [0, 0.1) is 17.8 Å². The van der Waals surface area contributed by atoms with Gasteiger partial charge in [0.05, 0.1) is 13.0 Å². The Morgan fingerprint density at radius 3 is 2.50 bits per heavy atom. The third-order valence-corrected chi connectivity index (χ3v) is 4.29. The zero-order valence-electron chi connectivity index (χ0n) is 13.4. The van der Waals surface area contributed by atoms with Gasteiger partial charge >= 0.3 is 5.97 Å². The first-order chi connectivity index (χ1) is 10.7. The topological polar surface area (TPSA) is 35.5 Å². The van der Waals surface area contributed by atoms with Gasteiger partial charge in [0, 0.05) is 12.7 Å². The fourth-order valence-electron chi connectivity index (χ4n) is 3.10. The smallest absolute Gasteiger partial charge is 0.313 e. The molecule has 1 aromatic rings. The molecule has 0 spiro atoms. The van der Waals surface area contributed by atoms with Crippen LogP contribution in [0.15, 0.2) is 24.3 Å². The molecule has 2 rings (SSSR count). The number of benzene rings is 1. The lowest BCUT2D eigenvalue weighted by Gasteiger charge is -2.19. The van der Waals surface area contributed by atoms with Gasteiger partial charge in [-0.1, -0.05) is 49.7 Å². The molecule has 1 fully saturated rings. The van der Waals surface area contributed by atoms with Crippen LogP contribution < -0.4 is 0 Å². The van der Waals surface area contributed by atoms with Crippen molar-refractivity contribution >= 4 is 5.97 Å². The first kappa shape index (κ1) is 16.6. The molecule has 0 bridgehead atoms. The molecule has 0 saturated heterocycles. The Labute approximate surface area is 133 Å². The predicted octanol–water partition coefficient (Wildman–Crippen LogP) is 3.52. The van der Waals surface area contributed by atoms with Gasteiger partial charge in [0.2, 0.25) is 0 Å². The monoisotopic (exact) mass is 300 g/mol. The van der Waals surface area contributed by atoms with Crippen molar-refractivity contribution in [1.29, 1.82) is 0 Å². The molecule has 1 unspecified atom stereocenters. The molecule has 1 aliphatic rings. The van der Waals surface area contributed by atoms with Crippen molar-refractivity contribution in [2.45, 2.75) is 38.0 Å². The van der Waals surface area contributed by atoms with Crippen molar-refractivity contribution in [1.82, 2.24) is 0 Å². The quantitative estimate of drug-likeness (QED) is 0.616. The Bertz CT molecular complexity index is 530. The highest BCUT2D eigenvalue weighted by atomic mass is 16.5. The maximum absolute atomic E-state index is 12.1. The second-order valence-electron chi connectivity index (χ2n) is 5.82. The molecule has 1 atom stereocenters. The standard InChI is InChI=1S/C19H24O3/c1-21-13-5-8-15-9-11-17(12-10-15)18(19(20)22-2)14-16-6-3-4-7-16/h9-12,16,18H,3-4,6-7,13-14H2,1-2H3. The summed E-state index contributed by atoms with van der Waals surface area (Å²) < 4.78 is 9.91. The summed E-state index contributed by atoms with van der Waals surface area (Å²) in [6, 6.07) is 7.91. The second-order valence-corrected chi connectivity index (χ2v) is 5.82. The van der Waals surface area contributed by atoms with E-state index in [9.17, 15) is 4.79 Å². The average molecular weight is 300 g/mol. The van der Waals surface area contributed by atoms with Crippen LogP contribution in [-0.2, 0) is 14.3 Å². The first-order valence-electron chi connectivity index (χ1n) is 7.90. The number of hydrogen-bond donors (Lipinski definition) is 0. The van der Waals surface area contributed by atoms with E-state index in [0.717, 1.165) is 17.5 Å². The van der Waals surface area contributed by atoms with Crippen molar-refractivity contribution in [3.05, 3.63) is 35.4 Å².